The summed E-state index contributed by atoms with van der Waals surface area (Å²) in [7, 11) is 0. The Balaban J connectivity index is 1.48. The maximum absolute atomic E-state index is 12.3. The molecule has 1 aliphatic heterocycles. The summed E-state index contributed by atoms with van der Waals surface area (Å²) in [5.41, 5.74) is 2.91. The molecule has 1 fully saturated rings. The van der Waals surface area contributed by atoms with E-state index in [-0.39, 0.29) is 5.91 Å². The van der Waals surface area contributed by atoms with Crippen molar-refractivity contribution in [3.05, 3.63) is 54.5 Å². The lowest BCUT2D eigenvalue weighted by Crippen LogP contribution is -2.39. The quantitative estimate of drug-likeness (QED) is 0.769. The van der Waals surface area contributed by atoms with E-state index < -0.39 is 0 Å². The first-order chi connectivity index (χ1) is 12.8. The predicted molar refractivity (Wildman–Crippen MR) is 101 cm³/mol. The average molecular weight is 349 g/mol. The van der Waals surface area contributed by atoms with Gasteiger partial charge in [-0.1, -0.05) is 24.6 Å². The highest BCUT2D eigenvalue weighted by molar-refractivity contribution is 5.78. The van der Waals surface area contributed by atoms with Gasteiger partial charge in [0.15, 0.2) is 0 Å². The van der Waals surface area contributed by atoms with Crippen molar-refractivity contribution in [2.75, 3.05) is 19.6 Å². The predicted octanol–water partition coefficient (Wildman–Crippen LogP) is 2.52. The molecule has 0 atom stereocenters. The van der Waals surface area contributed by atoms with Gasteiger partial charge in [-0.15, -0.1) is 0 Å². The van der Waals surface area contributed by atoms with Crippen LogP contribution >= 0.6 is 0 Å². The maximum atomic E-state index is 12.3. The minimum Gasteiger partial charge on any atom is -0.351 e. The highest BCUT2D eigenvalue weighted by Gasteiger charge is 2.15. The maximum Gasteiger partial charge on any atom is 0.234 e. The average Bonchev–Trinajstić information content (AvgIpc) is 3.11. The zero-order valence-electron chi connectivity index (χ0n) is 14.8. The third-order valence-corrected chi connectivity index (χ3v) is 4.84. The second kappa shape index (κ2) is 7.66. The lowest BCUT2D eigenvalue weighted by Gasteiger charge is -2.25. The van der Waals surface area contributed by atoms with Crippen LogP contribution in [0.2, 0.25) is 0 Å². The van der Waals surface area contributed by atoms with Gasteiger partial charge in [0.2, 0.25) is 5.91 Å². The summed E-state index contributed by atoms with van der Waals surface area (Å²) in [4.78, 5) is 23.5. The second-order valence-electron chi connectivity index (χ2n) is 6.70. The van der Waals surface area contributed by atoms with E-state index in [2.05, 4.69) is 20.2 Å². The molecular weight excluding hydrogens is 326 g/mol. The molecule has 0 unspecified atom stereocenters. The van der Waals surface area contributed by atoms with E-state index in [1.54, 1.807) is 12.5 Å². The number of rotatable bonds is 5. The number of carbonyl (C=O) groups excluding carboxylic acids is 1. The molecule has 3 heterocycles. The third-order valence-electron chi connectivity index (χ3n) is 4.84. The molecule has 0 spiro atoms. The Morgan fingerprint density at radius 3 is 2.77 bits per heavy atom. The summed E-state index contributed by atoms with van der Waals surface area (Å²) in [6.45, 7) is 2.98. The molecule has 0 saturated carbocycles. The van der Waals surface area contributed by atoms with Gasteiger partial charge in [0.1, 0.15) is 12.1 Å². The number of aromatic nitrogens is 3. The van der Waals surface area contributed by atoms with Crippen LogP contribution in [0.4, 0.5) is 0 Å². The standard InChI is InChI=1S/C20H23N5O/c26-19(14-24-11-4-1-5-12-24)22-13-16-7-6-10-21-20(16)25-15-23-17-8-2-3-9-18(17)25/h2-3,6-10,15H,1,4-5,11-14H2,(H,22,26). The third kappa shape index (κ3) is 3.60. The molecule has 6 nitrogen and oxygen atoms in total. The Kier molecular flexibility index (Phi) is 4.93. The highest BCUT2D eigenvalue weighted by Crippen LogP contribution is 2.19. The summed E-state index contributed by atoms with van der Waals surface area (Å²) in [5, 5.41) is 3.04. The van der Waals surface area contributed by atoms with Crippen LogP contribution < -0.4 is 5.32 Å². The van der Waals surface area contributed by atoms with Crippen molar-refractivity contribution >= 4 is 16.9 Å². The van der Waals surface area contributed by atoms with E-state index in [0.717, 1.165) is 35.5 Å². The summed E-state index contributed by atoms with van der Waals surface area (Å²) >= 11 is 0. The minimum atomic E-state index is 0.0668. The van der Waals surface area contributed by atoms with Gasteiger partial charge >= 0.3 is 0 Å². The summed E-state index contributed by atoms with van der Waals surface area (Å²) in [5.74, 6) is 0.872. The molecule has 134 valence electrons. The summed E-state index contributed by atoms with van der Waals surface area (Å²) < 4.78 is 1.97. The largest absolute Gasteiger partial charge is 0.351 e. The first kappa shape index (κ1) is 16.7. The zero-order valence-corrected chi connectivity index (χ0v) is 14.8. The Hall–Kier alpha value is -2.73. The number of benzene rings is 1. The van der Waals surface area contributed by atoms with Gasteiger partial charge in [0.05, 0.1) is 17.6 Å². The van der Waals surface area contributed by atoms with E-state index in [1.807, 2.05) is 41.0 Å². The van der Waals surface area contributed by atoms with Gasteiger partial charge < -0.3 is 5.32 Å². The van der Waals surface area contributed by atoms with Crippen molar-refractivity contribution in [3.63, 3.8) is 0 Å². The van der Waals surface area contributed by atoms with E-state index in [0.29, 0.717) is 13.1 Å². The fraction of sp³-hybridized carbons (Fsp3) is 0.350. The molecule has 1 aromatic carbocycles. The van der Waals surface area contributed by atoms with Crippen LogP contribution in [0.25, 0.3) is 16.9 Å². The Bertz CT molecular complexity index is 898. The molecule has 6 heteroatoms. The lowest BCUT2D eigenvalue weighted by molar-refractivity contribution is -0.122. The monoisotopic (exact) mass is 349 g/mol. The Labute approximate surface area is 152 Å². The SMILES string of the molecule is O=C(CN1CCCCC1)NCc1cccnc1-n1cnc2ccccc21. The smallest absolute Gasteiger partial charge is 0.234 e. The van der Waals surface area contributed by atoms with Crippen molar-refractivity contribution in [3.8, 4) is 5.82 Å². The molecule has 0 radical (unpaired) electrons. The highest BCUT2D eigenvalue weighted by atomic mass is 16.2. The molecule has 2 aromatic heterocycles. The Morgan fingerprint density at radius 2 is 1.88 bits per heavy atom. The van der Waals surface area contributed by atoms with Crippen molar-refractivity contribution in [1.29, 1.82) is 0 Å². The van der Waals surface area contributed by atoms with Crippen LogP contribution in [-0.2, 0) is 11.3 Å². The number of fused-ring (bicyclic) bond motifs is 1. The molecule has 3 aromatic rings. The lowest BCUT2D eigenvalue weighted by atomic mass is 10.1. The number of hydrogen-bond acceptors (Lipinski definition) is 4. The number of pyridine rings is 1. The molecule has 1 amide bonds. The molecule has 0 aliphatic carbocycles. The Morgan fingerprint density at radius 1 is 1.04 bits per heavy atom. The normalized spacial score (nSPS) is 15.2. The van der Waals surface area contributed by atoms with E-state index in [4.69, 9.17) is 0 Å². The molecule has 4 rings (SSSR count). The number of amides is 1. The number of imidazole rings is 1. The number of piperidine rings is 1. The molecular formula is C20H23N5O. The zero-order chi connectivity index (χ0) is 17.8. The number of para-hydroxylation sites is 2. The number of likely N-dealkylation sites (tertiary alicyclic amines) is 1. The van der Waals surface area contributed by atoms with Crippen molar-refractivity contribution < 1.29 is 4.79 Å². The number of carbonyl (C=O) groups is 1. The fourth-order valence-corrected chi connectivity index (χ4v) is 3.48. The van der Waals surface area contributed by atoms with Gasteiger partial charge in [-0.05, 0) is 44.1 Å². The minimum absolute atomic E-state index is 0.0668. The number of nitrogens with one attached hydrogen (secondary N) is 1. The second-order valence-corrected chi connectivity index (χ2v) is 6.70. The van der Waals surface area contributed by atoms with Crippen LogP contribution in [0.3, 0.4) is 0 Å². The van der Waals surface area contributed by atoms with E-state index in [9.17, 15) is 4.79 Å². The van der Waals surface area contributed by atoms with E-state index >= 15 is 0 Å². The fourth-order valence-electron chi connectivity index (χ4n) is 3.48. The first-order valence-electron chi connectivity index (χ1n) is 9.17. The van der Waals surface area contributed by atoms with Crippen LogP contribution in [0, 0.1) is 0 Å². The van der Waals surface area contributed by atoms with Gasteiger partial charge in [-0.3, -0.25) is 14.3 Å². The van der Waals surface area contributed by atoms with Crippen LogP contribution in [0.15, 0.2) is 48.9 Å². The van der Waals surface area contributed by atoms with Crippen LogP contribution in [0.5, 0.6) is 0 Å². The van der Waals surface area contributed by atoms with E-state index in [1.165, 1.54) is 19.3 Å². The van der Waals surface area contributed by atoms with Crippen molar-refractivity contribution in [2.24, 2.45) is 0 Å². The molecule has 26 heavy (non-hydrogen) atoms. The molecule has 0 bridgehead atoms. The summed E-state index contributed by atoms with van der Waals surface area (Å²) in [6.07, 6.45) is 7.20. The van der Waals surface area contributed by atoms with Crippen LogP contribution in [0.1, 0.15) is 24.8 Å². The van der Waals surface area contributed by atoms with Gasteiger partial charge in [0, 0.05) is 18.3 Å². The molecule has 1 saturated heterocycles. The van der Waals surface area contributed by atoms with Gasteiger partial charge in [-0.2, -0.15) is 0 Å². The molecule has 1 N–H and O–H groups in total. The van der Waals surface area contributed by atoms with Crippen LogP contribution in [-0.4, -0.2) is 45.0 Å². The van der Waals surface area contributed by atoms with Crippen molar-refractivity contribution in [2.45, 2.75) is 25.8 Å². The van der Waals surface area contributed by atoms with Crippen molar-refractivity contribution in [1.82, 2.24) is 24.8 Å². The molecule has 1 aliphatic rings. The van der Waals surface area contributed by atoms with Gasteiger partial charge in [0.25, 0.3) is 0 Å². The van der Waals surface area contributed by atoms with Gasteiger partial charge in [-0.25, -0.2) is 9.97 Å². The first-order valence-corrected chi connectivity index (χ1v) is 9.17. The number of hydrogen-bond donors (Lipinski definition) is 1. The summed E-state index contributed by atoms with van der Waals surface area (Å²) in [6, 6.07) is 11.9. The topological polar surface area (TPSA) is 63.1 Å². The number of nitrogens with zero attached hydrogens (tertiary/aromatic N) is 4.